The molecule has 0 saturated carbocycles. The lowest BCUT2D eigenvalue weighted by Crippen LogP contribution is -2.36. The maximum atomic E-state index is 12.5. The summed E-state index contributed by atoms with van der Waals surface area (Å²) in [6.45, 7) is -0.369. The number of rotatable bonds is 5. The van der Waals surface area contributed by atoms with Gasteiger partial charge in [0.05, 0.1) is 12.0 Å². The van der Waals surface area contributed by atoms with Crippen molar-refractivity contribution >= 4 is 63.2 Å². The summed E-state index contributed by atoms with van der Waals surface area (Å²) in [5, 5.41) is 11.8. The van der Waals surface area contributed by atoms with Gasteiger partial charge in [0, 0.05) is 9.26 Å². The van der Waals surface area contributed by atoms with Gasteiger partial charge in [-0.25, -0.2) is 0 Å². The van der Waals surface area contributed by atoms with Crippen LogP contribution in [0.15, 0.2) is 47.4 Å². The van der Waals surface area contributed by atoms with E-state index in [2.05, 4.69) is 27.9 Å². The fourth-order valence-corrected chi connectivity index (χ4v) is 3.86. The number of hydrogen-bond donors (Lipinski definition) is 2. The summed E-state index contributed by atoms with van der Waals surface area (Å²) in [5.41, 5.74) is 1.18. The molecule has 9 heteroatoms. The normalized spacial score (nSPS) is 15.2. The van der Waals surface area contributed by atoms with E-state index in [1.165, 1.54) is 19.3 Å². The van der Waals surface area contributed by atoms with Crippen LogP contribution < -0.4 is 10.1 Å². The van der Waals surface area contributed by atoms with Crippen LogP contribution in [0.5, 0.6) is 11.5 Å². The Labute approximate surface area is 178 Å². The molecule has 0 spiro atoms. The minimum absolute atomic E-state index is 0.0278. The SMILES string of the molecule is COc1cc(/C=C2\SC(=O)N(CC(=O)Nc3cccc(I)c3)C2=O)ccc1O. The number of carbonyl (C=O) groups excluding carboxylic acids is 3. The van der Waals surface area contributed by atoms with Gasteiger partial charge in [-0.3, -0.25) is 19.3 Å². The fraction of sp³-hybridized carbons (Fsp3) is 0.105. The van der Waals surface area contributed by atoms with Crippen molar-refractivity contribution in [2.75, 3.05) is 19.0 Å². The third-order valence-corrected chi connectivity index (χ3v) is 5.36. The van der Waals surface area contributed by atoms with Gasteiger partial charge in [-0.05, 0) is 76.3 Å². The molecule has 1 saturated heterocycles. The zero-order chi connectivity index (χ0) is 20.3. The lowest BCUT2D eigenvalue weighted by molar-refractivity contribution is -0.127. The molecule has 1 heterocycles. The van der Waals surface area contributed by atoms with Crippen molar-refractivity contribution in [3.63, 3.8) is 0 Å². The van der Waals surface area contributed by atoms with Crippen LogP contribution in [-0.4, -0.2) is 40.7 Å². The largest absolute Gasteiger partial charge is 0.504 e. The van der Waals surface area contributed by atoms with E-state index in [9.17, 15) is 19.5 Å². The van der Waals surface area contributed by atoms with Crippen molar-refractivity contribution < 1.29 is 24.2 Å². The number of hydrogen-bond acceptors (Lipinski definition) is 6. The van der Waals surface area contributed by atoms with Crippen LogP contribution in [0, 0.1) is 3.57 Å². The van der Waals surface area contributed by atoms with E-state index in [4.69, 9.17) is 4.74 Å². The number of thioether (sulfide) groups is 1. The number of carbonyl (C=O) groups is 3. The Balaban J connectivity index is 1.72. The molecule has 0 bridgehead atoms. The number of phenolic OH excluding ortho intramolecular Hbond substituents is 1. The molecule has 1 aliphatic rings. The van der Waals surface area contributed by atoms with E-state index in [0.29, 0.717) is 11.3 Å². The first kappa shape index (κ1) is 20.2. The predicted octanol–water partition coefficient (Wildman–Crippen LogP) is 3.68. The quantitative estimate of drug-likeness (QED) is 0.471. The number of imide groups is 1. The monoisotopic (exact) mass is 510 g/mol. The number of ether oxygens (including phenoxy) is 1. The lowest BCUT2D eigenvalue weighted by atomic mass is 10.2. The summed E-state index contributed by atoms with van der Waals surface area (Å²) in [6, 6.07) is 11.8. The van der Waals surface area contributed by atoms with Crippen molar-refractivity contribution in [3.8, 4) is 11.5 Å². The predicted molar refractivity (Wildman–Crippen MR) is 115 cm³/mol. The van der Waals surface area contributed by atoms with Crippen LogP contribution in [0.25, 0.3) is 6.08 Å². The Bertz CT molecular complexity index is 992. The van der Waals surface area contributed by atoms with Gasteiger partial charge < -0.3 is 15.2 Å². The van der Waals surface area contributed by atoms with Crippen molar-refractivity contribution in [2.24, 2.45) is 0 Å². The number of methoxy groups -OCH3 is 1. The van der Waals surface area contributed by atoms with Crippen molar-refractivity contribution in [2.45, 2.75) is 0 Å². The highest BCUT2D eigenvalue weighted by Gasteiger charge is 2.36. The Morgan fingerprint density at radius 1 is 1.29 bits per heavy atom. The molecular formula is C19H15IN2O5S. The molecule has 3 amide bonds. The third-order valence-electron chi connectivity index (χ3n) is 3.79. The van der Waals surface area contributed by atoms with E-state index in [0.717, 1.165) is 20.2 Å². The number of nitrogens with one attached hydrogen (secondary N) is 1. The van der Waals surface area contributed by atoms with Gasteiger partial charge in [0.1, 0.15) is 6.54 Å². The maximum Gasteiger partial charge on any atom is 0.294 e. The highest BCUT2D eigenvalue weighted by atomic mass is 127. The molecule has 3 rings (SSSR count). The number of halogens is 1. The molecule has 0 atom stereocenters. The molecule has 0 aliphatic carbocycles. The number of amides is 3. The van der Waals surface area contributed by atoms with Crippen LogP contribution in [0.3, 0.4) is 0 Å². The van der Waals surface area contributed by atoms with Gasteiger partial charge >= 0.3 is 0 Å². The molecule has 1 aliphatic heterocycles. The van der Waals surface area contributed by atoms with Gasteiger partial charge in [-0.15, -0.1) is 0 Å². The summed E-state index contributed by atoms with van der Waals surface area (Å²) < 4.78 is 5.99. The summed E-state index contributed by atoms with van der Waals surface area (Å²) in [6.07, 6.45) is 1.52. The van der Waals surface area contributed by atoms with E-state index in [1.54, 1.807) is 30.3 Å². The van der Waals surface area contributed by atoms with E-state index in [-0.39, 0.29) is 22.9 Å². The number of anilines is 1. The maximum absolute atomic E-state index is 12.5. The summed E-state index contributed by atoms with van der Waals surface area (Å²) in [5.74, 6) is -0.776. The zero-order valence-electron chi connectivity index (χ0n) is 14.6. The Morgan fingerprint density at radius 2 is 2.07 bits per heavy atom. The molecule has 28 heavy (non-hydrogen) atoms. The fourth-order valence-electron chi connectivity index (χ4n) is 2.48. The Hall–Kier alpha value is -2.53. The number of aromatic hydroxyl groups is 1. The first-order valence-corrected chi connectivity index (χ1v) is 9.94. The Morgan fingerprint density at radius 3 is 2.79 bits per heavy atom. The second-order valence-corrected chi connectivity index (χ2v) is 8.00. The van der Waals surface area contributed by atoms with Gasteiger partial charge in [-0.1, -0.05) is 12.1 Å². The summed E-state index contributed by atoms with van der Waals surface area (Å²) in [7, 11) is 1.42. The van der Waals surface area contributed by atoms with Gasteiger partial charge in [0.15, 0.2) is 11.5 Å². The Kier molecular flexibility index (Phi) is 6.25. The van der Waals surface area contributed by atoms with Crippen LogP contribution in [-0.2, 0) is 9.59 Å². The third kappa shape index (κ3) is 4.65. The smallest absolute Gasteiger partial charge is 0.294 e. The zero-order valence-corrected chi connectivity index (χ0v) is 17.6. The topological polar surface area (TPSA) is 95.9 Å². The molecule has 0 unspecified atom stereocenters. The molecule has 2 aromatic rings. The van der Waals surface area contributed by atoms with Gasteiger partial charge in [-0.2, -0.15) is 0 Å². The van der Waals surface area contributed by atoms with Gasteiger partial charge in [0.25, 0.3) is 11.1 Å². The molecule has 2 N–H and O–H groups in total. The molecule has 0 radical (unpaired) electrons. The minimum atomic E-state index is -0.542. The molecule has 2 aromatic carbocycles. The standard InChI is InChI=1S/C19H15IN2O5S/c1-27-15-7-11(5-6-14(15)23)8-16-18(25)22(19(26)28-16)10-17(24)21-13-4-2-3-12(20)9-13/h2-9,23H,10H2,1H3,(H,21,24)/b16-8-. The van der Waals surface area contributed by atoms with Crippen LogP contribution in [0.2, 0.25) is 0 Å². The summed E-state index contributed by atoms with van der Waals surface area (Å²) in [4.78, 5) is 38.0. The first-order valence-electron chi connectivity index (χ1n) is 8.05. The van der Waals surface area contributed by atoms with Crippen LogP contribution >= 0.6 is 34.4 Å². The average molecular weight is 510 g/mol. The minimum Gasteiger partial charge on any atom is -0.504 e. The molecular weight excluding hydrogens is 495 g/mol. The van der Waals surface area contributed by atoms with Crippen LogP contribution in [0.4, 0.5) is 10.5 Å². The molecule has 144 valence electrons. The van der Waals surface area contributed by atoms with Gasteiger partial charge in [0.2, 0.25) is 5.91 Å². The molecule has 7 nitrogen and oxygen atoms in total. The second kappa shape index (κ2) is 8.65. The van der Waals surface area contributed by atoms with Crippen LogP contribution in [0.1, 0.15) is 5.56 Å². The molecule has 0 aromatic heterocycles. The number of nitrogens with zero attached hydrogens (tertiary/aromatic N) is 1. The van der Waals surface area contributed by atoms with Crippen molar-refractivity contribution in [1.82, 2.24) is 4.90 Å². The molecule has 1 fully saturated rings. The lowest BCUT2D eigenvalue weighted by Gasteiger charge is -2.12. The highest BCUT2D eigenvalue weighted by Crippen LogP contribution is 2.34. The van der Waals surface area contributed by atoms with E-state index >= 15 is 0 Å². The van der Waals surface area contributed by atoms with Crippen molar-refractivity contribution in [3.05, 3.63) is 56.5 Å². The average Bonchev–Trinajstić information content (AvgIpc) is 2.90. The van der Waals surface area contributed by atoms with E-state index < -0.39 is 17.1 Å². The van der Waals surface area contributed by atoms with E-state index in [1.807, 2.05) is 6.07 Å². The second-order valence-electron chi connectivity index (χ2n) is 5.76. The number of phenols is 1. The first-order chi connectivity index (χ1) is 13.4. The summed E-state index contributed by atoms with van der Waals surface area (Å²) >= 11 is 2.88. The van der Waals surface area contributed by atoms with Crippen molar-refractivity contribution in [1.29, 1.82) is 0 Å². The highest BCUT2D eigenvalue weighted by molar-refractivity contribution is 14.1. The number of benzene rings is 2.